The van der Waals surface area contributed by atoms with Gasteiger partial charge in [-0.05, 0) is 60.9 Å². The van der Waals surface area contributed by atoms with E-state index < -0.39 is 0 Å². The summed E-state index contributed by atoms with van der Waals surface area (Å²) in [5.41, 5.74) is 3.13. The molecule has 0 bridgehead atoms. The fraction of sp³-hybridized carbons (Fsp3) is 0.250. The number of hydrogen-bond acceptors (Lipinski definition) is 6. The third-order valence-electron chi connectivity index (χ3n) is 4.59. The standard InChI is InChI=1S/C20H19ClN4O2S/c1-27-16-8-9-17-13(11-16)3-2-10-25(17)12-18-23-24-20(28-18)19(26)22-15-6-4-14(21)5-7-15/h4-9,11H,2-3,10,12H2,1H3,(H,22,26). The van der Waals surface area contributed by atoms with Crippen molar-refractivity contribution in [2.24, 2.45) is 0 Å². The van der Waals surface area contributed by atoms with Crippen LogP contribution in [0.3, 0.4) is 0 Å². The first kappa shape index (κ1) is 18.7. The number of aryl methyl sites for hydroxylation is 1. The van der Waals surface area contributed by atoms with Crippen molar-refractivity contribution in [1.82, 2.24) is 10.2 Å². The van der Waals surface area contributed by atoms with Crippen LogP contribution in [-0.2, 0) is 13.0 Å². The van der Waals surface area contributed by atoms with Gasteiger partial charge in [0.05, 0.1) is 13.7 Å². The number of carbonyl (C=O) groups is 1. The van der Waals surface area contributed by atoms with Crippen LogP contribution in [0, 0.1) is 0 Å². The van der Waals surface area contributed by atoms with Gasteiger partial charge in [0.25, 0.3) is 5.91 Å². The lowest BCUT2D eigenvalue weighted by atomic mass is 10.0. The first-order valence-electron chi connectivity index (χ1n) is 8.93. The summed E-state index contributed by atoms with van der Waals surface area (Å²) >= 11 is 7.18. The molecule has 0 fully saturated rings. The molecule has 0 radical (unpaired) electrons. The highest BCUT2D eigenvalue weighted by Gasteiger charge is 2.20. The maximum absolute atomic E-state index is 12.4. The monoisotopic (exact) mass is 414 g/mol. The number of methoxy groups -OCH3 is 1. The Hall–Kier alpha value is -2.64. The number of fused-ring (bicyclic) bond motifs is 1. The molecule has 1 aromatic heterocycles. The van der Waals surface area contributed by atoms with Crippen LogP contribution in [0.2, 0.25) is 5.02 Å². The van der Waals surface area contributed by atoms with Gasteiger partial charge in [0.15, 0.2) is 0 Å². The largest absolute Gasteiger partial charge is 0.497 e. The van der Waals surface area contributed by atoms with Crippen LogP contribution >= 0.6 is 22.9 Å². The molecule has 1 aliphatic rings. The van der Waals surface area contributed by atoms with E-state index in [1.165, 1.54) is 22.6 Å². The minimum Gasteiger partial charge on any atom is -0.497 e. The maximum Gasteiger partial charge on any atom is 0.286 e. The Labute approximate surface area is 172 Å². The number of hydrogen-bond donors (Lipinski definition) is 1. The molecule has 0 saturated carbocycles. The zero-order valence-corrected chi connectivity index (χ0v) is 16.9. The van der Waals surface area contributed by atoms with E-state index in [0.29, 0.717) is 22.3 Å². The van der Waals surface area contributed by atoms with E-state index in [2.05, 4.69) is 32.5 Å². The molecule has 1 amide bonds. The van der Waals surface area contributed by atoms with Gasteiger partial charge in [0.2, 0.25) is 5.01 Å². The SMILES string of the molecule is COc1ccc2c(c1)CCCN2Cc1nnc(C(=O)Nc2ccc(Cl)cc2)s1. The van der Waals surface area contributed by atoms with E-state index in [9.17, 15) is 4.79 Å². The summed E-state index contributed by atoms with van der Waals surface area (Å²) in [6.45, 7) is 1.58. The molecule has 1 N–H and O–H groups in total. The van der Waals surface area contributed by atoms with Crippen LogP contribution in [0.4, 0.5) is 11.4 Å². The number of nitrogens with zero attached hydrogens (tertiary/aromatic N) is 3. The lowest BCUT2D eigenvalue weighted by Gasteiger charge is -2.30. The Bertz CT molecular complexity index is 990. The Morgan fingerprint density at radius 3 is 2.86 bits per heavy atom. The molecule has 4 rings (SSSR count). The Balaban J connectivity index is 1.45. The van der Waals surface area contributed by atoms with Gasteiger partial charge in [-0.25, -0.2) is 0 Å². The fourth-order valence-electron chi connectivity index (χ4n) is 3.23. The van der Waals surface area contributed by atoms with Crippen molar-refractivity contribution in [2.75, 3.05) is 23.9 Å². The average molecular weight is 415 g/mol. The van der Waals surface area contributed by atoms with Crippen molar-refractivity contribution in [3.05, 3.63) is 63.1 Å². The second-order valence-corrected chi connectivity index (χ2v) is 7.98. The van der Waals surface area contributed by atoms with Crippen molar-refractivity contribution in [2.45, 2.75) is 19.4 Å². The second kappa shape index (κ2) is 8.16. The van der Waals surface area contributed by atoms with Gasteiger partial charge in [0.1, 0.15) is 10.8 Å². The molecule has 1 aliphatic heterocycles. The molecule has 6 nitrogen and oxygen atoms in total. The number of nitrogens with one attached hydrogen (secondary N) is 1. The van der Waals surface area contributed by atoms with Crippen LogP contribution in [0.25, 0.3) is 0 Å². The average Bonchev–Trinajstić information content (AvgIpc) is 3.18. The van der Waals surface area contributed by atoms with Crippen molar-refractivity contribution in [1.29, 1.82) is 0 Å². The molecule has 0 unspecified atom stereocenters. The Morgan fingerprint density at radius 2 is 2.07 bits per heavy atom. The number of ether oxygens (including phenoxy) is 1. The summed E-state index contributed by atoms with van der Waals surface area (Å²) < 4.78 is 5.33. The molecule has 0 spiro atoms. The number of amides is 1. The van der Waals surface area contributed by atoms with Gasteiger partial charge >= 0.3 is 0 Å². The highest BCUT2D eigenvalue weighted by Crippen LogP contribution is 2.31. The highest BCUT2D eigenvalue weighted by atomic mass is 35.5. The summed E-state index contributed by atoms with van der Waals surface area (Å²) in [6.07, 6.45) is 2.11. The molecule has 28 heavy (non-hydrogen) atoms. The highest BCUT2D eigenvalue weighted by molar-refractivity contribution is 7.13. The van der Waals surface area contributed by atoms with Crippen molar-refractivity contribution in [3.8, 4) is 5.75 Å². The summed E-state index contributed by atoms with van der Waals surface area (Å²) in [7, 11) is 1.68. The minimum absolute atomic E-state index is 0.269. The molecule has 0 aliphatic carbocycles. The zero-order chi connectivity index (χ0) is 19.5. The van der Waals surface area contributed by atoms with Gasteiger partial charge in [-0.15, -0.1) is 10.2 Å². The Morgan fingerprint density at radius 1 is 1.25 bits per heavy atom. The van der Waals surface area contributed by atoms with Crippen molar-refractivity contribution in [3.63, 3.8) is 0 Å². The number of carbonyl (C=O) groups excluding carboxylic acids is 1. The summed E-state index contributed by atoms with van der Waals surface area (Å²) in [5, 5.41) is 12.9. The third kappa shape index (κ3) is 4.10. The summed E-state index contributed by atoms with van der Waals surface area (Å²) in [5.74, 6) is 0.604. The van der Waals surface area contributed by atoms with E-state index in [-0.39, 0.29) is 5.91 Å². The normalized spacial score (nSPS) is 13.1. The molecule has 2 aromatic carbocycles. The van der Waals surface area contributed by atoms with Gasteiger partial charge in [-0.3, -0.25) is 4.79 Å². The number of benzene rings is 2. The zero-order valence-electron chi connectivity index (χ0n) is 15.3. The molecule has 0 atom stereocenters. The summed E-state index contributed by atoms with van der Waals surface area (Å²) in [6, 6.07) is 13.1. The quantitative estimate of drug-likeness (QED) is 0.670. The lowest BCUT2D eigenvalue weighted by Crippen LogP contribution is -2.28. The second-order valence-electron chi connectivity index (χ2n) is 6.48. The third-order valence-corrected chi connectivity index (χ3v) is 5.75. The number of rotatable bonds is 5. The predicted octanol–water partition coefficient (Wildman–Crippen LogP) is 4.41. The van der Waals surface area contributed by atoms with Gasteiger partial charge < -0.3 is 15.0 Å². The van der Waals surface area contributed by atoms with Crippen LogP contribution in [0.15, 0.2) is 42.5 Å². The first-order valence-corrected chi connectivity index (χ1v) is 10.1. The molecule has 3 aromatic rings. The fourth-order valence-corrected chi connectivity index (χ4v) is 4.11. The maximum atomic E-state index is 12.4. The van der Waals surface area contributed by atoms with E-state index in [0.717, 1.165) is 30.1 Å². The first-order chi connectivity index (χ1) is 13.6. The van der Waals surface area contributed by atoms with Gasteiger partial charge in [0, 0.05) is 22.9 Å². The van der Waals surface area contributed by atoms with Gasteiger partial charge in [-0.2, -0.15) is 0 Å². The summed E-state index contributed by atoms with van der Waals surface area (Å²) in [4.78, 5) is 14.7. The molecular weight excluding hydrogens is 396 g/mol. The number of anilines is 2. The minimum atomic E-state index is -0.269. The van der Waals surface area contributed by atoms with E-state index in [1.54, 1.807) is 31.4 Å². The van der Waals surface area contributed by atoms with Crippen LogP contribution < -0.4 is 15.0 Å². The van der Waals surface area contributed by atoms with E-state index >= 15 is 0 Å². The van der Waals surface area contributed by atoms with Gasteiger partial charge in [-0.1, -0.05) is 22.9 Å². The van der Waals surface area contributed by atoms with Crippen LogP contribution in [0.5, 0.6) is 5.75 Å². The molecule has 144 valence electrons. The van der Waals surface area contributed by atoms with Crippen molar-refractivity contribution < 1.29 is 9.53 Å². The molecule has 2 heterocycles. The predicted molar refractivity (Wildman–Crippen MR) is 112 cm³/mol. The molecule has 8 heteroatoms. The number of halogens is 1. The van der Waals surface area contributed by atoms with Crippen LogP contribution in [0.1, 0.15) is 26.8 Å². The number of aromatic nitrogens is 2. The van der Waals surface area contributed by atoms with E-state index in [4.69, 9.17) is 16.3 Å². The smallest absolute Gasteiger partial charge is 0.286 e. The Kier molecular flexibility index (Phi) is 5.45. The molecule has 0 saturated heterocycles. The van der Waals surface area contributed by atoms with E-state index in [1.807, 2.05) is 6.07 Å². The van der Waals surface area contributed by atoms with Crippen molar-refractivity contribution >= 4 is 40.2 Å². The molecular formula is C20H19ClN4O2S. The topological polar surface area (TPSA) is 67.3 Å². The lowest BCUT2D eigenvalue weighted by molar-refractivity contribution is 0.102. The van der Waals surface area contributed by atoms with Crippen LogP contribution in [-0.4, -0.2) is 29.8 Å².